The first-order chi connectivity index (χ1) is 14.8. The molecule has 0 atom stereocenters. The Morgan fingerprint density at radius 2 is 1.58 bits per heavy atom. The molecular weight excluding hydrogens is 414 g/mol. The van der Waals surface area contributed by atoms with E-state index in [2.05, 4.69) is 13.8 Å². The van der Waals surface area contributed by atoms with Crippen molar-refractivity contribution in [2.45, 2.75) is 24.7 Å². The maximum atomic E-state index is 13.3. The lowest BCUT2D eigenvalue weighted by Crippen LogP contribution is -2.40. The van der Waals surface area contributed by atoms with E-state index in [4.69, 9.17) is 9.47 Å². The lowest BCUT2D eigenvalue weighted by atomic mass is 10.0. The lowest BCUT2D eigenvalue weighted by Gasteiger charge is -2.23. The molecule has 0 aromatic heterocycles. The van der Waals surface area contributed by atoms with Gasteiger partial charge in [-0.05, 0) is 60.0 Å². The number of amides is 1. The standard InChI is InChI=1S/C24H25NO5S/c1-18(2)19-8-7-9-22(16-19)30-17-24(26)25(20-12-14-21(29-3)15-13-20)31(27,28)23-10-5-4-6-11-23/h4-16,18H,17H2,1-3H3. The summed E-state index contributed by atoms with van der Waals surface area (Å²) in [5.41, 5.74) is 1.27. The molecule has 0 aliphatic heterocycles. The van der Waals surface area contributed by atoms with Crippen LogP contribution in [0.1, 0.15) is 25.3 Å². The summed E-state index contributed by atoms with van der Waals surface area (Å²) in [4.78, 5) is 13.1. The van der Waals surface area contributed by atoms with Gasteiger partial charge in [-0.15, -0.1) is 0 Å². The fraction of sp³-hybridized carbons (Fsp3) is 0.208. The molecule has 3 aromatic carbocycles. The smallest absolute Gasteiger partial charge is 0.278 e. The van der Waals surface area contributed by atoms with Gasteiger partial charge in [-0.1, -0.05) is 44.2 Å². The van der Waals surface area contributed by atoms with Crippen molar-refractivity contribution in [2.24, 2.45) is 0 Å². The fourth-order valence-electron chi connectivity index (χ4n) is 3.00. The molecule has 0 unspecified atom stereocenters. The molecule has 0 fully saturated rings. The quantitative estimate of drug-likeness (QED) is 0.512. The molecule has 3 aromatic rings. The highest BCUT2D eigenvalue weighted by molar-refractivity contribution is 7.93. The van der Waals surface area contributed by atoms with Crippen molar-refractivity contribution in [1.82, 2.24) is 0 Å². The Morgan fingerprint density at radius 1 is 0.903 bits per heavy atom. The zero-order chi connectivity index (χ0) is 22.4. The van der Waals surface area contributed by atoms with Crippen molar-refractivity contribution in [3.8, 4) is 11.5 Å². The van der Waals surface area contributed by atoms with Gasteiger partial charge >= 0.3 is 0 Å². The number of rotatable bonds is 8. The summed E-state index contributed by atoms with van der Waals surface area (Å²) < 4.78 is 38.2. The number of methoxy groups -OCH3 is 1. The first-order valence-corrected chi connectivity index (χ1v) is 11.3. The van der Waals surface area contributed by atoms with Crippen molar-refractivity contribution < 1.29 is 22.7 Å². The van der Waals surface area contributed by atoms with Gasteiger partial charge in [0.1, 0.15) is 11.5 Å². The van der Waals surface area contributed by atoms with Crippen LogP contribution in [0.4, 0.5) is 5.69 Å². The van der Waals surface area contributed by atoms with Crippen LogP contribution < -0.4 is 13.8 Å². The van der Waals surface area contributed by atoms with Crippen molar-refractivity contribution in [2.75, 3.05) is 18.0 Å². The molecule has 0 heterocycles. The minimum atomic E-state index is -4.14. The van der Waals surface area contributed by atoms with Gasteiger partial charge in [0.05, 0.1) is 17.7 Å². The highest BCUT2D eigenvalue weighted by Crippen LogP contribution is 2.27. The molecule has 0 N–H and O–H groups in total. The molecule has 31 heavy (non-hydrogen) atoms. The van der Waals surface area contributed by atoms with Crippen LogP contribution in [0, 0.1) is 0 Å². The highest BCUT2D eigenvalue weighted by Gasteiger charge is 2.31. The monoisotopic (exact) mass is 439 g/mol. The van der Waals surface area contributed by atoms with Crippen LogP contribution in [0.3, 0.4) is 0 Å². The Kier molecular flexibility index (Phi) is 6.97. The second-order valence-corrected chi connectivity index (χ2v) is 8.98. The van der Waals surface area contributed by atoms with E-state index < -0.39 is 22.5 Å². The molecule has 1 amide bonds. The maximum absolute atomic E-state index is 13.3. The summed E-state index contributed by atoms with van der Waals surface area (Å²) in [5, 5.41) is 0. The van der Waals surface area contributed by atoms with Crippen molar-refractivity contribution in [3.05, 3.63) is 84.4 Å². The van der Waals surface area contributed by atoms with Gasteiger partial charge in [-0.3, -0.25) is 4.79 Å². The van der Waals surface area contributed by atoms with E-state index in [1.807, 2.05) is 18.2 Å². The Balaban J connectivity index is 1.92. The Hall–Kier alpha value is -3.32. The van der Waals surface area contributed by atoms with Gasteiger partial charge in [0.15, 0.2) is 6.61 Å². The predicted octanol–water partition coefficient (Wildman–Crippen LogP) is 4.62. The van der Waals surface area contributed by atoms with Crippen LogP contribution in [0.2, 0.25) is 0 Å². The molecule has 0 aliphatic rings. The van der Waals surface area contributed by atoms with Gasteiger partial charge in [-0.2, -0.15) is 4.31 Å². The number of sulfonamides is 1. The van der Waals surface area contributed by atoms with E-state index in [-0.39, 0.29) is 10.6 Å². The van der Waals surface area contributed by atoms with E-state index >= 15 is 0 Å². The fourth-order valence-corrected chi connectivity index (χ4v) is 4.43. The Morgan fingerprint density at radius 3 is 2.19 bits per heavy atom. The molecule has 0 saturated heterocycles. The SMILES string of the molecule is COc1ccc(N(C(=O)COc2cccc(C(C)C)c2)S(=O)(=O)c2ccccc2)cc1. The molecule has 6 nitrogen and oxygen atoms in total. The minimum absolute atomic E-state index is 0.0148. The van der Waals surface area contributed by atoms with E-state index in [1.54, 1.807) is 36.4 Å². The molecule has 7 heteroatoms. The van der Waals surface area contributed by atoms with Gasteiger partial charge in [0.25, 0.3) is 15.9 Å². The van der Waals surface area contributed by atoms with Crippen LogP contribution in [0.5, 0.6) is 11.5 Å². The van der Waals surface area contributed by atoms with Crippen LogP contribution in [-0.4, -0.2) is 28.0 Å². The number of hydrogen-bond acceptors (Lipinski definition) is 5. The maximum Gasteiger partial charge on any atom is 0.278 e. The third kappa shape index (κ3) is 5.24. The highest BCUT2D eigenvalue weighted by atomic mass is 32.2. The summed E-state index contributed by atoms with van der Waals surface area (Å²) in [5.74, 6) is 0.652. The van der Waals surface area contributed by atoms with Gasteiger partial charge < -0.3 is 9.47 Å². The van der Waals surface area contributed by atoms with E-state index in [0.717, 1.165) is 9.87 Å². The number of ether oxygens (including phenoxy) is 2. The van der Waals surface area contributed by atoms with Gasteiger partial charge in [0, 0.05) is 0 Å². The van der Waals surface area contributed by atoms with Crippen molar-refractivity contribution >= 4 is 21.6 Å². The van der Waals surface area contributed by atoms with Crippen molar-refractivity contribution in [3.63, 3.8) is 0 Å². The predicted molar refractivity (Wildman–Crippen MR) is 120 cm³/mol. The van der Waals surface area contributed by atoms with E-state index in [1.165, 1.54) is 31.4 Å². The van der Waals surface area contributed by atoms with Crippen LogP contribution in [0.25, 0.3) is 0 Å². The molecule has 0 bridgehead atoms. The number of carbonyl (C=O) groups is 1. The molecule has 0 saturated carbocycles. The molecular formula is C24H25NO5S. The van der Waals surface area contributed by atoms with Crippen LogP contribution in [-0.2, 0) is 14.8 Å². The topological polar surface area (TPSA) is 72.9 Å². The number of carbonyl (C=O) groups excluding carboxylic acids is 1. The minimum Gasteiger partial charge on any atom is -0.497 e. The summed E-state index contributed by atoms with van der Waals surface area (Å²) >= 11 is 0. The third-order valence-corrected chi connectivity index (χ3v) is 6.46. The Labute approximate surface area is 183 Å². The summed E-state index contributed by atoms with van der Waals surface area (Å²) in [7, 11) is -2.62. The lowest BCUT2D eigenvalue weighted by molar-refractivity contribution is -0.119. The number of hydrogen-bond donors (Lipinski definition) is 0. The Bertz CT molecular complexity index is 1130. The third-order valence-electron chi connectivity index (χ3n) is 4.70. The molecule has 0 spiro atoms. The molecule has 3 rings (SSSR count). The van der Waals surface area contributed by atoms with E-state index in [9.17, 15) is 13.2 Å². The second-order valence-electron chi connectivity index (χ2n) is 7.19. The van der Waals surface area contributed by atoms with E-state index in [0.29, 0.717) is 17.4 Å². The number of benzene rings is 3. The van der Waals surface area contributed by atoms with Gasteiger partial charge in [-0.25, -0.2) is 8.42 Å². The number of anilines is 1. The second kappa shape index (κ2) is 9.66. The van der Waals surface area contributed by atoms with Gasteiger partial charge in [0.2, 0.25) is 0 Å². The largest absolute Gasteiger partial charge is 0.497 e. The summed E-state index contributed by atoms with van der Waals surface area (Å²) in [6.07, 6.45) is 0. The average Bonchev–Trinajstić information content (AvgIpc) is 2.79. The zero-order valence-corrected chi connectivity index (χ0v) is 18.5. The van der Waals surface area contributed by atoms with Crippen LogP contribution >= 0.6 is 0 Å². The molecule has 0 radical (unpaired) electrons. The average molecular weight is 440 g/mol. The van der Waals surface area contributed by atoms with Crippen molar-refractivity contribution in [1.29, 1.82) is 0 Å². The first-order valence-electron chi connectivity index (χ1n) is 9.83. The normalized spacial score (nSPS) is 11.2. The number of nitrogens with zero attached hydrogens (tertiary/aromatic N) is 1. The zero-order valence-electron chi connectivity index (χ0n) is 17.7. The summed E-state index contributed by atoms with van der Waals surface area (Å²) in [6, 6.07) is 21.5. The summed E-state index contributed by atoms with van der Waals surface area (Å²) in [6.45, 7) is 3.68. The first kappa shape index (κ1) is 22.4. The molecule has 0 aliphatic carbocycles. The molecule has 162 valence electrons. The van der Waals surface area contributed by atoms with Crippen LogP contribution in [0.15, 0.2) is 83.8 Å².